The van der Waals surface area contributed by atoms with Gasteiger partial charge in [0.05, 0.1) is 11.5 Å². The van der Waals surface area contributed by atoms with E-state index in [4.69, 9.17) is 8.92 Å². The molecule has 1 rings (SSSR count). The third kappa shape index (κ3) is 8.88. The van der Waals surface area contributed by atoms with Crippen LogP contribution < -0.4 is 5.32 Å². The van der Waals surface area contributed by atoms with Crippen molar-refractivity contribution in [3.8, 4) is 0 Å². The van der Waals surface area contributed by atoms with Crippen molar-refractivity contribution in [2.24, 2.45) is 0 Å². The molecule has 1 N–H and O–H groups in total. The van der Waals surface area contributed by atoms with Crippen LogP contribution in [0.4, 0.5) is 4.79 Å². The normalized spacial score (nSPS) is 13.3. The lowest BCUT2D eigenvalue weighted by Crippen LogP contribution is -2.37. The predicted octanol–water partition coefficient (Wildman–Crippen LogP) is 3.78. The van der Waals surface area contributed by atoms with E-state index in [1.165, 1.54) is 12.1 Å². The van der Waals surface area contributed by atoms with Crippen LogP contribution in [0, 0.1) is 6.92 Å². The second-order valence-corrected chi connectivity index (χ2v) is 8.75. The second kappa shape index (κ2) is 9.20. The number of alkyl carbamates (subject to hydrolysis) is 1. The number of nitrogens with one attached hydrogen (secondary N) is 1. The Morgan fingerprint density at radius 1 is 1.16 bits per heavy atom. The summed E-state index contributed by atoms with van der Waals surface area (Å²) < 4.78 is 34.3. The van der Waals surface area contributed by atoms with Gasteiger partial charge in [-0.1, -0.05) is 17.7 Å². The smallest absolute Gasteiger partial charge is 0.407 e. The summed E-state index contributed by atoms with van der Waals surface area (Å²) in [4.78, 5) is 11.8. The summed E-state index contributed by atoms with van der Waals surface area (Å²) in [5.41, 5.74) is 0.465. The summed E-state index contributed by atoms with van der Waals surface area (Å²) in [5.74, 6) is 0. The molecule has 0 saturated heterocycles. The summed E-state index contributed by atoms with van der Waals surface area (Å²) in [6.45, 7) is 9.32. The van der Waals surface area contributed by atoms with Crippen molar-refractivity contribution >= 4 is 16.2 Å². The molecule has 0 aliphatic heterocycles. The quantitative estimate of drug-likeness (QED) is 0.555. The van der Waals surface area contributed by atoms with Crippen LogP contribution in [0.3, 0.4) is 0 Å². The molecule has 0 bridgehead atoms. The minimum absolute atomic E-state index is 0.0523. The first-order valence-electron chi connectivity index (χ1n) is 8.45. The summed E-state index contributed by atoms with van der Waals surface area (Å²) >= 11 is 0. The molecule has 1 amide bonds. The molecule has 0 aromatic heterocycles. The lowest BCUT2D eigenvalue weighted by Gasteiger charge is -2.21. The SMILES string of the molecule is Cc1ccc(S(=O)(=O)OCCCCC(C)NC(=O)OC(C)(C)C)cc1. The van der Waals surface area contributed by atoms with Gasteiger partial charge in [0, 0.05) is 6.04 Å². The van der Waals surface area contributed by atoms with Gasteiger partial charge in [0.2, 0.25) is 0 Å². The minimum Gasteiger partial charge on any atom is -0.444 e. The fraction of sp³-hybridized carbons (Fsp3) is 0.611. The van der Waals surface area contributed by atoms with Crippen LogP contribution in [0.2, 0.25) is 0 Å². The topological polar surface area (TPSA) is 81.7 Å². The number of rotatable bonds is 8. The third-order valence-electron chi connectivity index (χ3n) is 3.34. The Kier molecular flexibility index (Phi) is 7.89. The largest absolute Gasteiger partial charge is 0.444 e. The Labute approximate surface area is 151 Å². The molecule has 6 nitrogen and oxygen atoms in total. The van der Waals surface area contributed by atoms with Gasteiger partial charge in [-0.2, -0.15) is 8.42 Å². The number of carbonyl (C=O) groups excluding carboxylic acids is 1. The number of amides is 1. The predicted molar refractivity (Wildman–Crippen MR) is 97.0 cm³/mol. The van der Waals surface area contributed by atoms with Gasteiger partial charge in [-0.05, 0) is 66.0 Å². The fourth-order valence-corrected chi connectivity index (χ4v) is 3.02. The molecule has 1 atom stereocenters. The summed E-state index contributed by atoms with van der Waals surface area (Å²) in [7, 11) is -3.71. The average Bonchev–Trinajstić information content (AvgIpc) is 2.45. The Morgan fingerprint density at radius 3 is 2.32 bits per heavy atom. The maximum atomic E-state index is 12.0. The first-order chi connectivity index (χ1) is 11.5. The molecule has 0 heterocycles. The van der Waals surface area contributed by atoms with Crippen molar-refractivity contribution in [3.63, 3.8) is 0 Å². The van der Waals surface area contributed by atoms with E-state index in [-0.39, 0.29) is 17.5 Å². The molecule has 1 aromatic rings. The molecule has 7 heteroatoms. The average molecular weight is 371 g/mol. The maximum Gasteiger partial charge on any atom is 0.407 e. The Morgan fingerprint density at radius 2 is 1.76 bits per heavy atom. The molecule has 0 radical (unpaired) electrons. The molecule has 25 heavy (non-hydrogen) atoms. The van der Waals surface area contributed by atoms with Crippen LogP contribution >= 0.6 is 0 Å². The molecule has 1 aromatic carbocycles. The van der Waals surface area contributed by atoms with E-state index < -0.39 is 21.8 Å². The molecular formula is C18H29NO5S. The van der Waals surface area contributed by atoms with Crippen LogP contribution in [-0.4, -0.2) is 32.8 Å². The molecule has 1 unspecified atom stereocenters. The van der Waals surface area contributed by atoms with Gasteiger partial charge in [0.25, 0.3) is 10.1 Å². The van der Waals surface area contributed by atoms with E-state index in [2.05, 4.69) is 5.32 Å². The molecule has 0 aliphatic rings. The Hall–Kier alpha value is -1.60. The zero-order valence-electron chi connectivity index (χ0n) is 15.7. The molecule has 0 fully saturated rings. The van der Waals surface area contributed by atoms with Gasteiger partial charge in [-0.15, -0.1) is 0 Å². The number of hydrogen-bond donors (Lipinski definition) is 1. The zero-order chi connectivity index (χ0) is 19.1. The number of unbranched alkanes of at least 4 members (excludes halogenated alkanes) is 1. The van der Waals surface area contributed by atoms with Gasteiger partial charge in [-0.3, -0.25) is 4.18 Å². The van der Waals surface area contributed by atoms with Gasteiger partial charge < -0.3 is 10.1 Å². The van der Waals surface area contributed by atoms with E-state index in [1.807, 2.05) is 34.6 Å². The lowest BCUT2D eigenvalue weighted by molar-refractivity contribution is 0.0505. The van der Waals surface area contributed by atoms with Crippen molar-refractivity contribution in [2.75, 3.05) is 6.61 Å². The highest BCUT2D eigenvalue weighted by molar-refractivity contribution is 7.86. The lowest BCUT2D eigenvalue weighted by atomic mass is 10.1. The Balaban J connectivity index is 2.27. The maximum absolute atomic E-state index is 12.0. The van der Waals surface area contributed by atoms with Gasteiger partial charge in [0.15, 0.2) is 0 Å². The van der Waals surface area contributed by atoms with Gasteiger partial charge in [0.1, 0.15) is 5.60 Å². The van der Waals surface area contributed by atoms with E-state index in [1.54, 1.807) is 12.1 Å². The van der Waals surface area contributed by atoms with Crippen molar-refractivity contribution in [2.45, 2.75) is 70.4 Å². The van der Waals surface area contributed by atoms with Crippen molar-refractivity contribution in [3.05, 3.63) is 29.8 Å². The first-order valence-corrected chi connectivity index (χ1v) is 9.86. The molecule has 142 valence electrons. The molecule has 0 saturated carbocycles. The van der Waals surface area contributed by atoms with Crippen molar-refractivity contribution in [1.29, 1.82) is 0 Å². The highest BCUT2D eigenvalue weighted by Gasteiger charge is 2.18. The summed E-state index contributed by atoms with van der Waals surface area (Å²) in [6.07, 6.45) is 1.59. The summed E-state index contributed by atoms with van der Waals surface area (Å²) in [6, 6.07) is 6.50. The number of aryl methyl sites for hydroxylation is 1. The summed E-state index contributed by atoms with van der Waals surface area (Å²) in [5, 5.41) is 2.75. The van der Waals surface area contributed by atoms with Gasteiger partial charge in [-0.25, -0.2) is 4.79 Å². The van der Waals surface area contributed by atoms with E-state index >= 15 is 0 Å². The van der Waals surface area contributed by atoms with E-state index in [0.29, 0.717) is 12.8 Å². The molecule has 0 spiro atoms. The monoisotopic (exact) mass is 371 g/mol. The number of benzene rings is 1. The van der Waals surface area contributed by atoms with E-state index in [0.717, 1.165) is 12.0 Å². The highest BCUT2D eigenvalue weighted by atomic mass is 32.2. The van der Waals surface area contributed by atoms with Crippen molar-refractivity contribution < 1.29 is 22.1 Å². The third-order valence-corrected chi connectivity index (χ3v) is 4.67. The molecular weight excluding hydrogens is 342 g/mol. The number of ether oxygens (including phenoxy) is 1. The standard InChI is InChI=1S/C18H29NO5S/c1-14-9-11-16(12-10-14)25(21,22)23-13-7-6-8-15(2)19-17(20)24-18(3,4)5/h9-12,15H,6-8,13H2,1-5H3,(H,19,20). The van der Waals surface area contributed by atoms with Crippen LogP contribution in [-0.2, 0) is 19.0 Å². The van der Waals surface area contributed by atoms with Crippen LogP contribution in [0.25, 0.3) is 0 Å². The van der Waals surface area contributed by atoms with Crippen molar-refractivity contribution in [1.82, 2.24) is 5.32 Å². The zero-order valence-corrected chi connectivity index (χ0v) is 16.5. The molecule has 0 aliphatic carbocycles. The van der Waals surface area contributed by atoms with Crippen LogP contribution in [0.1, 0.15) is 52.5 Å². The second-order valence-electron chi connectivity index (χ2n) is 7.13. The first kappa shape index (κ1) is 21.4. The number of carbonyl (C=O) groups is 1. The van der Waals surface area contributed by atoms with Crippen LogP contribution in [0.15, 0.2) is 29.2 Å². The van der Waals surface area contributed by atoms with E-state index in [9.17, 15) is 13.2 Å². The highest BCUT2D eigenvalue weighted by Crippen LogP contribution is 2.14. The minimum atomic E-state index is -3.71. The number of hydrogen-bond acceptors (Lipinski definition) is 5. The fourth-order valence-electron chi connectivity index (χ4n) is 2.08. The van der Waals surface area contributed by atoms with Crippen LogP contribution in [0.5, 0.6) is 0 Å². The van der Waals surface area contributed by atoms with Gasteiger partial charge >= 0.3 is 6.09 Å². The Bertz CT molecular complexity index is 647.